The van der Waals surface area contributed by atoms with Crippen molar-refractivity contribution in [2.45, 2.75) is 6.61 Å². The second kappa shape index (κ2) is 13.1. The maximum atomic E-state index is 13.1. The molecule has 5 rings (SSSR count). The molecule has 1 heterocycles. The molecular weight excluding hydrogens is 563 g/mol. The van der Waals surface area contributed by atoms with Gasteiger partial charge in [0, 0.05) is 22.2 Å². The number of nitrogens with one attached hydrogen (secondary N) is 2. The fraction of sp³-hybridized carbons (Fsp3) is 0.0645. The lowest BCUT2D eigenvalue weighted by Crippen LogP contribution is -2.17. The summed E-state index contributed by atoms with van der Waals surface area (Å²) in [5.41, 5.74) is 7.02. The van der Waals surface area contributed by atoms with Crippen LogP contribution >= 0.6 is 22.9 Å². The van der Waals surface area contributed by atoms with E-state index < -0.39 is 0 Å². The fourth-order valence-electron chi connectivity index (χ4n) is 3.82. The second-order valence-corrected chi connectivity index (χ2v) is 10.0. The predicted octanol–water partition coefficient (Wildman–Crippen LogP) is 7.70. The first kappa shape index (κ1) is 27.8. The summed E-state index contributed by atoms with van der Waals surface area (Å²) in [7, 11) is 1.50. The third-order valence-electron chi connectivity index (χ3n) is 5.90. The summed E-state index contributed by atoms with van der Waals surface area (Å²) in [4.78, 5) is 17.3. The molecule has 4 aromatic carbocycles. The van der Waals surface area contributed by atoms with Gasteiger partial charge in [0.05, 0.1) is 24.0 Å². The molecule has 10 heteroatoms. The zero-order valence-electron chi connectivity index (χ0n) is 21.8. The summed E-state index contributed by atoms with van der Waals surface area (Å²) in [5, 5.41) is 10.4. The van der Waals surface area contributed by atoms with Crippen molar-refractivity contribution in [1.29, 1.82) is 0 Å². The number of aromatic nitrogens is 1. The van der Waals surface area contributed by atoms with Crippen LogP contribution in [0.5, 0.6) is 11.5 Å². The molecule has 1 aromatic heterocycles. The largest absolute Gasteiger partial charge is 0.493 e. The fourth-order valence-corrected chi connectivity index (χ4v) is 4.84. The molecule has 0 saturated carbocycles. The Bertz CT molecular complexity index is 1660. The number of nitrogens with zero attached hydrogens (tertiary/aromatic N) is 2. The molecule has 41 heavy (non-hydrogen) atoms. The predicted molar refractivity (Wildman–Crippen MR) is 161 cm³/mol. The smallest absolute Gasteiger partial charge is 0.271 e. The van der Waals surface area contributed by atoms with Gasteiger partial charge in [-0.3, -0.25) is 4.79 Å². The van der Waals surface area contributed by atoms with Gasteiger partial charge in [-0.15, -0.1) is 11.3 Å². The number of rotatable bonds is 10. The topological polar surface area (TPSA) is 84.8 Å². The molecule has 1 amide bonds. The third kappa shape index (κ3) is 7.27. The van der Waals surface area contributed by atoms with Gasteiger partial charge in [0.2, 0.25) is 0 Å². The lowest BCUT2D eigenvalue weighted by Gasteiger charge is -2.13. The van der Waals surface area contributed by atoms with Crippen LogP contribution < -0.4 is 20.2 Å². The molecule has 0 radical (unpaired) electrons. The quantitative estimate of drug-likeness (QED) is 0.129. The van der Waals surface area contributed by atoms with Crippen LogP contribution in [0, 0.1) is 5.82 Å². The molecule has 5 aromatic rings. The number of hydrazone groups is 1. The molecular formula is C31H24ClFN4O3S. The first-order valence-corrected chi connectivity index (χ1v) is 13.7. The van der Waals surface area contributed by atoms with Gasteiger partial charge in [0.15, 0.2) is 16.6 Å². The van der Waals surface area contributed by atoms with Crippen molar-refractivity contribution < 1.29 is 18.7 Å². The lowest BCUT2D eigenvalue weighted by molar-refractivity contribution is 0.0955. The van der Waals surface area contributed by atoms with Crippen molar-refractivity contribution in [3.63, 3.8) is 0 Å². The van der Waals surface area contributed by atoms with E-state index in [1.54, 1.807) is 36.4 Å². The summed E-state index contributed by atoms with van der Waals surface area (Å²) in [6.07, 6.45) is 1.46. The number of ether oxygens (including phenoxy) is 2. The SMILES string of the molecule is COc1cc(/C=N\NC(=O)c2ccc(-c3csc(Nc4ccccc4)n3)cc2)cc(Cl)c1OCc1ccc(F)cc1. The number of hydrogen-bond acceptors (Lipinski definition) is 7. The molecule has 0 spiro atoms. The molecule has 0 aliphatic carbocycles. The van der Waals surface area contributed by atoms with Gasteiger partial charge in [-0.05, 0) is 59.7 Å². The van der Waals surface area contributed by atoms with E-state index in [2.05, 4.69) is 20.8 Å². The van der Waals surface area contributed by atoms with E-state index in [0.29, 0.717) is 27.6 Å². The number of anilines is 2. The van der Waals surface area contributed by atoms with Crippen LogP contribution in [-0.2, 0) is 6.61 Å². The molecule has 0 aliphatic rings. The number of methoxy groups -OCH3 is 1. The van der Waals surface area contributed by atoms with Crippen molar-refractivity contribution in [1.82, 2.24) is 10.4 Å². The zero-order chi connectivity index (χ0) is 28.6. The minimum absolute atomic E-state index is 0.187. The van der Waals surface area contributed by atoms with E-state index in [4.69, 9.17) is 21.1 Å². The summed E-state index contributed by atoms with van der Waals surface area (Å²) in [5.74, 6) is 0.0589. The van der Waals surface area contributed by atoms with Crippen LogP contribution in [0.4, 0.5) is 15.2 Å². The van der Waals surface area contributed by atoms with Crippen LogP contribution in [0.3, 0.4) is 0 Å². The highest BCUT2D eigenvalue weighted by atomic mass is 35.5. The minimum Gasteiger partial charge on any atom is -0.493 e. The van der Waals surface area contributed by atoms with Crippen LogP contribution in [0.1, 0.15) is 21.5 Å². The average Bonchev–Trinajstić information content (AvgIpc) is 3.46. The van der Waals surface area contributed by atoms with E-state index >= 15 is 0 Å². The average molecular weight is 587 g/mol. The minimum atomic E-state index is -0.366. The molecule has 0 aliphatic heterocycles. The van der Waals surface area contributed by atoms with Crippen LogP contribution in [0.15, 0.2) is 101 Å². The summed E-state index contributed by atoms with van der Waals surface area (Å²) >= 11 is 7.93. The Balaban J connectivity index is 1.18. The molecule has 0 fully saturated rings. The maximum Gasteiger partial charge on any atom is 0.271 e. The molecule has 0 saturated heterocycles. The van der Waals surface area contributed by atoms with Gasteiger partial charge in [-0.2, -0.15) is 5.10 Å². The second-order valence-electron chi connectivity index (χ2n) is 8.75. The van der Waals surface area contributed by atoms with Crippen LogP contribution in [0.2, 0.25) is 5.02 Å². The number of amides is 1. The highest BCUT2D eigenvalue weighted by Gasteiger charge is 2.13. The van der Waals surface area contributed by atoms with E-state index in [-0.39, 0.29) is 18.3 Å². The number of thiazole rings is 1. The normalized spacial score (nSPS) is 10.9. The number of hydrogen-bond donors (Lipinski definition) is 2. The van der Waals surface area contributed by atoms with Gasteiger partial charge >= 0.3 is 0 Å². The Labute approximate surface area is 245 Å². The number of para-hydroxylation sites is 1. The van der Waals surface area contributed by atoms with E-state index in [9.17, 15) is 9.18 Å². The Morgan fingerprint density at radius 3 is 2.54 bits per heavy atom. The zero-order valence-corrected chi connectivity index (χ0v) is 23.4. The van der Waals surface area contributed by atoms with Crippen molar-refractivity contribution in [3.8, 4) is 22.8 Å². The van der Waals surface area contributed by atoms with Gasteiger partial charge in [-0.25, -0.2) is 14.8 Å². The Morgan fingerprint density at radius 2 is 1.80 bits per heavy atom. The van der Waals surface area contributed by atoms with Gasteiger partial charge < -0.3 is 14.8 Å². The monoisotopic (exact) mass is 586 g/mol. The van der Waals surface area contributed by atoms with Crippen LogP contribution in [-0.4, -0.2) is 24.2 Å². The Morgan fingerprint density at radius 1 is 1.05 bits per heavy atom. The van der Waals surface area contributed by atoms with Crippen molar-refractivity contribution in [3.05, 3.63) is 124 Å². The molecule has 0 bridgehead atoms. The van der Waals surface area contributed by atoms with Crippen molar-refractivity contribution >= 4 is 45.9 Å². The molecule has 0 unspecified atom stereocenters. The van der Waals surface area contributed by atoms with E-state index in [0.717, 1.165) is 27.6 Å². The summed E-state index contributed by atoms with van der Waals surface area (Å²) in [6, 6.07) is 26.3. The van der Waals surface area contributed by atoms with Crippen LogP contribution in [0.25, 0.3) is 11.3 Å². The number of carbonyl (C=O) groups excluding carboxylic acids is 1. The van der Waals surface area contributed by atoms with E-state index in [1.807, 2.05) is 47.8 Å². The number of carbonyl (C=O) groups is 1. The summed E-state index contributed by atoms with van der Waals surface area (Å²) < 4.78 is 24.4. The van der Waals surface area contributed by atoms with E-state index in [1.165, 1.54) is 36.8 Å². The van der Waals surface area contributed by atoms with Crippen molar-refractivity contribution in [2.24, 2.45) is 5.10 Å². The first-order valence-electron chi connectivity index (χ1n) is 12.4. The Hall–Kier alpha value is -4.73. The molecule has 2 N–H and O–H groups in total. The molecule has 0 atom stereocenters. The standard InChI is InChI=1S/C31H24ClFN4O3S/c1-39-28-16-21(15-26(32)29(28)40-18-20-7-13-24(33)14-8-20)17-34-37-30(38)23-11-9-22(10-12-23)27-19-41-31(36-27)35-25-5-3-2-4-6-25/h2-17,19H,18H2,1H3,(H,35,36)(H,37,38)/b34-17-. The third-order valence-corrected chi connectivity index (χ3v) is 6.94. The van der Waals surface area contributed by atoms with Crippen molar-refractivity contribution in [2.75, 3.05) is 12.4 Å². The molecule has 7 nitrogen and oxygen atoms in total. The van der Waals surface area contributed by atoms with Gasteiger partial charge in [0.1, 0.15) is 12.4 Å². The van der Waals surface area contributed by atoms with Gasteiger partial charge in [-0.1, -0.05) is 54.1 Å². The highest BCUT2D eigenvalue weighted by Crippen LogP contribution is 2.36. The molecule has 206 valence electrons. The summed E-state index contributed by atoms with van der Waals surface area (Å²) in [6.45, 7) is 0.187. The highest BCUT2D eigenvalue weighted by molar-refractivity contribution is 7.14. The lowest BCUT2D eigenvalue weighted by atomic mass is 10.1. The maximum absolute atomic E-state index is 13.1. The number of halogens is 2. The Kier molecular flexibility index (Phi) is 8.88. The van der Waals surface area contributed by atoms with Gasteiger partial charge in [0.25, 0.3) is 5.91 Å². The first-order chi connectivity index (χ1) is 20.0. The number of benzene rings is 4.